The van der Waals surface area contributed by atoms with Gasteiger partial charge in [0, 0.05) is 34.5 Å². The number of phenols is 1. The molecule has 0 spiro atoms. The summed E-state index contributed by atoms with van der Waals surface area (Å²) in [5.41, 5.74) is 4.60. The van der Waals surface area contributed by atoms with Crippen molar-refractivity contribution >= 4 is 28.3 Å². The van der Waals surface area contributed by atoms with Crippen LogP contribution in [0.15, 0.2) is 85.1 Å². The van der Waals surface area contributed by atoms with E-state index in [1.54, 1.807) is 6.20 Å². The first kappa shape index (κ1) is 16.3. The number of fused-ring (bicyclic) bond motifs is 1. The summed E-state index contributed by atoms with van der Waals surface area (Å²) in [6.45, 7) is 0. The maximum absolute atomic E-state index is 10.7. The highest BCUT2D eigenvalue weighted by molar-refractivity contribution is 6.02. The van der Waals surface area contributed by atoms with Gasteiger partial charge in [-0.15, -0.1) is 0 Å². The summed E-state index contributed by atoms with van der Waals surface area (Å²) in [6.07, 6.45) is 1.71. The molecule has 0 saturated heterocycles. The van der Waals surface area contributed by atoms with Crippen LogP contribution in [0.4, 0.5) is 0 Å². The Morgan fingerprint density at radius 2 is 1.25 bits per heavy atom. The summed E-state index contributed by atoms with van der Waals surface area (Å²) < 4.78 is 0. The van der Waals surface area contributed by atoms with Gasteiger partial charge in [0.15, 0.2) is 0 Å². The van der Waals surface area contributed by atoms with Crippen LogP contribution in [-0.4, -0.2) is 27.5 Å². The van der Waals surface area contributed by atoms with Gasteiger partial charge >= 0.3 is 0 Å². The molecule has 0 atom stereocenters. The molecule has 0 aliphatic heterocycles. The first-order chi connectivity index (χ1) is 11.3. The molecule has 0 aliphatic carbocycles. The highest BCUT2D eigenvalue weighted by Gasteiger charge is 2.14. The molecule has 0 aliphatic rings. The predicted molar refractivity (Wildman–Crippen MR) is 100 cm³/mol. The molecule has 2 nitrogen and oxygen atoms in total. The van der Waals surface area contributed by atoms with Gasteiger partial charge < -0.3 is 5.11 Å². The fraction of sp³-hybridized carbons (Fsp3) is 0. The fourth-order valence-corrected chi connectivity index (χ4v) is 2.92. The summed E-state index contributed by atoms with van der Waals surface area (Å²) in [5.74, 6) is 0.228. The Hall–Kier alpha value is -2.60. The third kappa shape index (κ3) is 2.80. The summed E-state index contributed by atoms with van der Waals surface area (Å²) in [5, 5.41) is 11.7. The molecule has 113 valence electrons. The molecule has 0 saturated carbocycles. The molecular formula is C21H15AlNO. The van der Waals surface area contributed by atoms with Crippen molar-refractivity contribution < 1.29 is 5.11 Å². The second kappa shape index (κ2) is 6.88. The summed E-state index contributed by atoms with van der Waals surface area (Å²) in [7, 11) is 0. The Morgan fingerprint density at radius 3 is 1.88 bits per heavy atom. The van der Waals surface area contributed by atoms with E-state index in [1.807, 2.05) is 66.7 Å². The molecule has 1 heterocycles. The number of hydrogen-bond donors (Lipinski definition) is 1. The number of phenolic OH excluding ortho intramolecular Hbond substituents is 1. The lowest BCUT2D eigenvalue weighted by Gasteiger charge is -2.13. The molecule has 0 bridgehead atoms. The SMILES string of the molecule is Oc1c(-c2ccccc2)cc(-c2ccccc2)c2cccnc12.[Al]. The Kier molecular flexibility index (Phi) is 4.67. The van der Waals surface area contributed by atoms with Crippen LogP contribution in [0.2, 0.25) is 0 Å². The van der Waals surface area contributed by atoms with Crippen molar-refractivity contribution in [2.45, 2.75) is 0 Å². The average Bonchev–Trinajstić information content (AvgIpc) is 2.64. The van der Waals surface area contributed by atoms with E-state index in [2.05, 4.69) is 17.1 Å². The van der Waals surface area contributed by atoms with E-state index in [-0.39, 0.29) is 23.1 Å². The minimum absolute atomic E-state index is 0. The Morgan fingerprint density at radius 1 is 0.667 bits per heavy atom. The lowest BCUT2D eigenvalue weighted by Crippen LogP contribution is -1.88. The molecule has 4 aromatic rings. The maximum atomic E-state index is 10.7. The second-order valence-corrected chi connectivity index (χ2v) is 5.45. The number of pyridine rings is 1. The van der Waals surface area contributed by atoms with Crippen molar-refractivity contribution in [3.05, 3.63) is 85.1 Å². The van der Waals surface area contributed by atoms with Crippen molar-refractivity contribution in [2.75, 3.05) is 0 Å². The molecule has 0 amide bonds. The minimum Gasteiger partial charge on any atom is -0.505 e. The van der Waals surface area contributed by atoms with Gasteiger partial charge in [0.2, 0.25) is 0 Å². The molecule has 0 unspecified atom stereocenters. The quantitative estimate of drug-likeness (QED) is 0.532. The Bertz CT molecular complexity index is 969. The van der Waals surface area contributed by atoms with Crippen LogP contribution in [-0.2, 0) is 0 Å². The molecule has 1 N–H and O–H groups in total. The van der Waals surface area contributed by atoms with E-state index in [0.29, 0.717) is 5.52 Å². The first-order valence-corrected chi connectivity index (χ1v) is 7.56. The molecule has 0 fully saturated rings. The highest BCUT2D eigenvalue weighted by Crippen LogP contribution is 2.40. The normalized spacial score (nSPS) is 10.3. The smallest absolute Gasteiger partial charge is 0.149 e. The zero-order valence-electron chi connectivity index (χ0n) is 13.1. The Balaban J connectivity index is 0.00000169. The monoisotopic (exact) mass is 324 g/mol. The predicted octanol–water partition coefficient (Wildman–Crippen LogP) is 4.89. The standard InChI is InChI=1S/C21H15NO.Al/c23-21-19(16-10-5-2-6-11-16)14-18(15-8-3-1-4-9-15)17-12-7-13-22-20(17)21;/h1-14,23H;. The van der Waals surface area contributed by atoms with Gasteiger partial charge in [-0.2, -0.15) is 0 Å². The summed E-state index contributed by atoms with van der Waals surface area (Å²) in [4.78, 5) is 4.40. The molecule has 3 aromatic carbocycles. The largest absolute Gasteiger partial charge is 0.505 e. The van der Waals surface area contributed by atoms with E-state index in [4.69, 9.17) is 0 Å². The lowest BCUT2D eigenvalue weighted by molar-refractivity contribution is 0.482. The number of rotatable bonds is 2. The van der Waals surface area contributed by atoms with Crippen LogP contribution < -0.4 is 0 Å². The molecule has 24 heavy (non-hydrogen) atoms. The van der Waals surface area contributed by atoms with Crippen LogP contribution in [0.1, 0.15) is 0 Å². The number of hydrogen-bond acceptors (Lipinski definition) is 2. The van der Waals surface area contributed by atoms with Crippen molar-refractivity contribution in [2.24, 2.45) is 0 Å². The van der Waals surface area contributed by atoms with Gasteiger partial charge in [-0.25, -0.2) is 0 Å². The first-order valence-electron chi connectivity index (χ1n) is 7.56. The van der Waals surface area contributed by atoms with Gasteiger partial charge in [-0.05, 0) is 28.8 Å². The third-order valence-corrected chi connectivity index (χ3v) is 4.04. The lowest BCUT2D eigenvalue weighted by atomic mass is 9.94. The number of nitrogens with zero attached hydrogens (tertiary/aromatic N) is 1. The highest BCUT2D eigenvalue weighted by atomic mass is 27.0. The van der Waals surface area contributed by atoms with Crippen molar-refractivity contribution in [3.8, 4) is 28.0 Å². The van der Waals surface area contributed by atoms with Crippen LogP contribution >= 0.6 is 0 Å². The van der Waals surface area contributed by atoms with Crippen LogP contribution in [0.3, 0.4) is 0 Å². The summed E-state index contributed by atoms with van der Waals surface area (Å²) in [6, 6.07) is 26.1. The van der Waals surface area contributed by atoms with E-state index in [0.717, 1.165) is 27.6 Å². The second-order valence-electron chi connectivity index (χ2n) is 5.45. The molecular weight excluding hydrogens is 309 g/mol. The number of aromatic nitrogens is 1. The minimum atomic E-state index is 0. The van der Waals surface area contributed by atoms with Gasteiger partial charge in [-0.1, -0.05) is 66.7 Å². The number of aromatic hydroxyl groups is 1. The van der Waals surface area contributed by atoms with E-state index >= 15 is 0 Å². The van der Waals surface area contributed by atoms with E-state index < -0.39 is 0 Å². The van der Waals surface area contributed by atoms with Gasteiger partial charge in [-0.3, -0.25) is 4.98 Å². The Labute approximate surface area is 151 Å². The third-order valence-electron chi connectivity index (χ3n) is 4.04. The van der Waals surface area contributed by atoms with Crippen LogP contribution in [0.25, 0.3) is 33.2 Å². The van der Waals surface area contributed by atoms with Crippen LogP contribution in [0, 0.1) is 0 Å². The van der Waals surface area contributed by atoms with Crippen molar-refractivity contribution in [1.29, 1.82) is 0 Å². The van der Waals surface area contributed by atoms with Crippen molar-refractivity contribution in [3.63, 3.8) is 0 Å². The van der Waals surface area contributed by atoms with Crippen molar-refractivity contribution in [1.82, 2.24) is 4.98 Å². The summed E-state index contributed by atoms with van der Waals surface area (Å²) >= 11 is 0. The number of benzene rings is 3. The van der Waals surface area contributed by atoms with E-state index in [1.165, 1.54) is 0 Å². The van der Waals surface area contributed by atoms with Gasteiger partial charge in [0.25, 0.3) is 0 Å². The zero-order valence-corrected chi connectivity index (χ0v) is 14.2. The van der Waals surface area contributed by atoms with E-state index in [9.17, 15) is 5.11 Å². The van der Waals surface area contributed by atoms with Gasteiger partial charge in [0.05, 0.1) is 0 Å². The topological polar surface area (TPSA) is 33.1 Å². The van der Waals surface area contributed by atoms with Gasteiger partial charge in [0.1, 0.15) is 11.3 Å². The fourth-order valence-electron chi connectivity index (χ4n) is 2.92. The molecule has 3 radical (unpaired) electrons. The molecule has 1 aromatic heterocycles. The maximum Gasteiger partial charge on any atom is 0.149 e. The van der Waals surface area contributed by atoms with Crippen LogP contribution in [0.5, 0.6) is 5.75 Å². The molecule has 4 rings (SSSR count). The molecule has 3 heteroatoms. The zero-order chi connectivity index (χ0) is 15.6. The average molecular weight is 324 g/mol.